The summed E-state index contributed by atoms with van der Waals surface area (Å²) in [5.41, 5.74) is 2.52. The number of aliphatic hydroxyl groups is 1. The van der Waals surface area contributed by atoms with E-state index >= 15 is 0 Å². The van der Waals surface area contributed by atoms with Gasteiger partial charge in [0.1, 0.15) is 6.10 Å². The molecule has 142 valence electrons. The van der Waals surface area contributed by atoms with E-state index in [1.54, 1.807) is 19.9 Å². The van der Waals surface area contributed by atoms with Crippen molar-refractivity contribution in [2.45, 2.75) is 39.3 Å². The van der Waals surface area contributed by atoms with Gasteiger partial charge in [-0.3, -0.25) is 4.57 Å². The van der Waals surface area contributed by atoms with Crippen LogP contribution in [0.25, 0.3) is 0 Å². The lowest BCUT2D eigenvalue weighted by molar-refractivity contribution is -0.0204. The van der Waals surface area contributed by atoms with Gasteiger partial charge in [-0.15, -0.1) is 0 Å². The second-order valence-electron chi connectivity index (χ2n) is 5.92. The minimum atomic E-state index is -3.68. The third kappa shape index (κ3) is 5.50. The third-order valence-corrected chi connectivity index (χ3v) is 6.14. The van der Waals surface area contributed by atoms with Crippen LogP contribution in [0.1, 0.15) is 36.6 Å². The zero-order valence-electron chi connectivity index (χ0n) is 15.5. The zero-order valence-corrected chi connectivity index (χ0v) is 16.4. The van der Waals surface area contributed by atoms with Gasteiger partial charge < -0.3 is 18.9 Å². The summed E-state index contributed by atoms with van der Waals surface area (Å²) in [4.78, 5) is 0. The van der Waals surface area contributed by atoms with E-state index in [-0.39, 0.29) is 19.8 Å². The molecule has 1 N–H and O–H groups in total. The fourth-order valence-electron chi connectivity index (χ4n) is 2.67. The summed E-state index contributed by atoms with van der Waals surface area (Å²) in [7, 11) is -3.68. The Hall–Kier alpha value is -1.49. The molecular weight excluding hydrogens is 351 g/mol. The molecule has 0 saturated heterocycles. The summed E-state index contributed by atoms with van der Waals surface area (Å²) in [6.07, 6.45) is -1.14. The number of hydrogen-bond donors (Lipinski definition) is 1. The van der Waals surface area contributed by atoms with Gasteiger partial charge >= 0.3 is 7.60 Å². The van der Waals surface area contributed by atoms with Gasteiger partial charge in [-0.05, 0) is 31.9 Å². The normalized spacial score (nSPS) is 14.2. The predicted octanol–water partition coefficient (Wildman–Crippen LogP) is 4.84. The second-order valence-corrected chi connectivity index (χ2v) is 8.03. The monoisotopic (exact) mass is 378 g/mol. The highest BCUT2D eigenvalue weighted by Crippen LogP contribution is 2.57. The standard InChI is InChI=1S/C20H27O5P/c1-4-24-26(22,25-5-2)20(23-15-17-11-7-6-8-12-17)19(21)18-13-9-10-16(3)14-18/h6-14,19-21H,4-5,15H2,1-3H3/t19-,20-/m0/s1. The number of aryl methyl sites for hydroxylation is 1. The molecule has 2 aromatic carbocycles. The number of rotatable bonds is 10. The van der Waals surface area contributed by atoms with Gasteiger partial charge in [-0.25, -0.2) is 0 Å². The van der Waals surface area contributed by atoms with Gasteiger partial charge in [0.15, 0.2) is 5.85 Å². The molecule has 0 spiro atoms. The van der Waals surface area contributed by atoms with Crippen LogP contribution in [0.15, 0.2) is 54.6 Å². The first kappa shape index (κ1) is 20.8. The molecule has 6 heteroatoms. The smallest absolute Gasteiger partial charge is 0.362 e. The Morgan fingerprint density at radius 3 is 2.23 bits per heavy atom. The van der Waals surface area contributed by atoms with Crippen LogP contribution in [0.4, 0.5) is 0 Å². The van der Waals surface area contributed by atoms with Crippen LogP contribution in [0, 0.1) is 6.92 Å². The fraction of sp³-hybridized carbons (Fsp3) is 0.400. The Bertz CT molecular complexity index is 709. The lowest BCUT2D eigenvalue weighted by atomic mass is 10.1. The SMILES string of the molecule is CCOP(=O)(OCC)[C@H](OCc1ccccc1)[C@@H](O)c1cccc(C)c1. The molecular formula is C20H27O5P. The van der Waals surface area contributed by atoms with Crippen molar-refractivity contribution >= 4 is 7.60 Å². The Balaban J connectivity index is 2.31. The van der Waals surface area contributed by atoms with Gasteiger partial charge in [0.05, 0.1) is 19.8 Å². The largest absolute Gasteiger partial charge is 0.385 e. The first-order valence-electron chi connectivity index (χ1n) is 8.79. The summed E-state index contributed by atoms with van der Waals surface area (Å²) in [5, 5.41) is 10.9. The minimum Gasteiger partial charge on any atom is -0.385 e. The van der Waals surface area contributed by atoms with E-state index < -0.39 is 19.5 Å². The molecule has 0 fully saturated rings. The van der Waals surface area contributed by atoms with Gasteiger partial charge in [0.25, 0.3) is 0 Å². The molecule has 0 bridgehead atoms. The number of aliphatic hydroxyl groups excluding tert-OH is 1. The van der Waals surface area contributed by atoms with E-state index in [0.717, 1.165) is 11.1 Å². The predicted molar refractivity (Wildman–Crippen MR) is 102 cm³/mol. The van der Waals surface area contributed by atoms with Gasteiger partial charge in [0, 0.05) is 0 Å². The Morgan fingerprint density at radius 1 is 1.00 bits per heavy atom. The maximum absolute atomic E-state index is 13.3. The van der Waals surface area contributed by atoms with Gasteiger partial charge in [0.2, 0.25) is 0 Å². The zero-order chi connectivity index (χ0) is 19.0. The summed E-state index contributed by atoms with van der Waals surface area (Å²) in [5.74, 6) is -1.12. The Kier molecular flexibility index (Phi) is 8.01. The average molecular weight is 378 g/mol. The van der Waals surface area contributed by atoms with Crippen molar-refractivity contribution in [3.05, 3.63) is 71.3 Å². The van der Waals surface area contributed by atoms with Crippen LogP contribution < -0.4 is 0 Å². The van der Waals surface area contributed by atoms with E-state index in [2.05, 4.69) is 0 Å². The number of benzene rings is 2. The van der Waals surface area contributed by atoms with E-state index in [4.69, 9.17) is 13.8 Å². The number of ether oxygens (including phenoxy) is 1. The molecule has 26 heavy (non-hydrogen) atoms. The molecule has 0 aliphatic heterocycles. The molecule has 0 radical (unpaired) electrons. The van der Waals surface area contributed by atoms with Crippen molar-refractivity contribution in [3.63, 3.8) is 0 Å². The Morgan fingerprint density at radius 2 is 1.65 bits per heavy atom. The Labute approximate surface area is 155 Å². The van der Waals surface area contributed by atoms with Crippen molar-refractivity contribution in [1.29, 1.82) is 0 Å². The van der Waals surface area contributed by atoms with Gasteiger partial charge in [-0.1, -0.05) is 60.2 Å². The first-order valence-corrected chi connectivity index (χ1v) is 10.4. The van der Waals surface area contributed by atoms with Crippen LogP contribution >= 0.6 is 7.60 Å². The highest BCUT2D eigenvalue weighted by atomic mass is 31.2. The topological polar surface area (TPSA) is 65.0 Å². The van der Waals surface area contributed by atoms with Crippen LogP contribution in [0.5, 0.6) is 0 Å². The van der Waals surface area contributed by atoms with E-state index in [0.29, 0.717) is 5.56 Å². The van der Waals surface area contributed by atoms with E-state index in [9.17, 15) is 9.67 Å². The molecule has 0 heterocycles. The molecule has 2 aromatic rings. The molecule has 0 saturated carbocycles. The minimum absolute atomic E-state index is 0.193. The molecule has 0 amide bonds. The second kappa shape index (κ2) is 10.0. The highest BCUT2D eigenvalue weighted by molar-refractivity contribution is 7.54. The van der Waals surface area contributed by atoms with Crippen LogP contribution in [0.2, 0.25) is 0 Å². The van der Waals surface area contributed by atoms with E-state index in [1.165, 1.54) is 0 Å². The molecule has 0 aliphatic carbocycles. The highest BCUT2D eigenvalue weighted by Gasteiger charge is 2.42. The molecule has 0 aromatic heterocycles. The van der Waals surface area contributed by atoms with Gasteiger partial charge in [-0.2, -0.15) is 0 Å². The van der Waals surface area contributed by atoms with Crippen molar-refractivity contribution in [2.24, 2.45) is 0 Å². The molecule has 2 atom stereocenters. The average Bonchev–Trinajstić information content (AvgIpc) is 2.63. The van der Waals surface area contributed by atoms with E-state index in [1.807, 2.05) is 55.5 Å². The van der Waals surface area contributed by atoms with Crippen molar-refractivity contribution in [3.8, 4) is 0 Å². The van der Waals surface area contributed by atoms with Crippen molar-refractivity contribution in [1.82, 2.24) is 0 Å². The lowest BCUT2D eigenvalue weighted by Crippen LogP contribution is -2.25. The lowest BCUT2D eigenvalue weighted by Gasteiger charge is -2.30. The maximum atomic E-state index is 13.3. The van der Waals surface area contributed by atoms with Crippen molar-refractivity contribution in [2.75, 3.05) is 13.2 Å². The summed E-state index contributed by atoms with van der Waals surface area (Å²) in [6.45, 7) is 5.99. The summed E-state index contributed by atoms with van der Waals surface area (Å²) in [6, 6.07) is 16.9. The van der Waals surface area contributed by atoms with Crippen molar-refractivity contribution < 1.29 is 23.5 Å². The number of hydrogen-bond acceptors (Lipinski definition) is 5. The quantitative estimate of drug-likeness (QED) is 0.600. The van der Waals surface area contributed by atoms with Crippen LogP contribution in [-0.4, -0.2) is 24.2 Å². The molecule has 0 aliphatic rings. The molecule has 0 unspecified atom stereocenters. The van der Waals surface area contributed by atoms with Crippen LogP contribution in [0.3, 0.4) is 0 Å². The maximum Gasteiger partial charge on any atom is 0.362 e. The van der Waals surface area contributed by atoms with Crippen LogP contribution in [-0.2, 0) is 25.0 Å². The summed E-state index contributed by atoms with van der Waals surface area (Å²) >= 11 is 0. The molecule has 5 nitrogen and oxygen atoms in total. The first-order chi connectivity index (χ1) is 12.5. The summed E-state index contributed by atoms with van der Waals surface area (Å²) < 4.78 is 30.1. The fourth-order valence-corrected chi connectivity index (χ4v) is 4.54. The molecule has 2 rings (SSSR count). The third-order valence-electron chi connectivity index (χ3n) is 3.85.